The molecule has 3 aromatic rings. The number of pyridine rings is 1. The van der Waals surface area contributed by atoms with Crippen molar-refractivity contribution in [2.45, 2.75) is 56.7 Å². The Hall–Kier alpha value is -3.67. The van der Waals surface area contributed by atoms with E-state index in [1.54, 1.807) is 18.3 Å². The van der Waals surface area contributed by atoms with Crippen molar-refractivity contribution in [1.82, 2.24) is 10.6 Å². The molecular weight excluding hydrogens is 554 g/mol. The second-order valence-corrected chi connectivity index (χ2v) is 10.0. The average molecular weight is 582 g/mol. The van der Waals surface area contributed by atoms with Crippen LogP contribution in [0.25, 0.3) is 0 Å². The van der Waals surface area contributed by atoms with Gasteiger partial charge in [0, 0.05) is 29.4 Å². The number of hydrogen-bond acceptors (Lipinski definition) is 2. The zero-order valence-corrected chi connectivity index (χ0v) is 22.0. The lowest BCUT2D eigenvalue weighted by Gasteiger charge is -2.33. The Morgan fingerprint density at radius 3 is 2.05 bits per heavy atom. The van der Waals surface area contributed by atoms with Gasteiger partial charge in [0.2, 0.25) is 0 Å². The van der Waals surface area contributed by atoms with Crippen molar-refractivity contribution in [2.75, 3.05) is 5.32 Å². The third-order valence-corrected chi connectivity index (χ3v) is 6.79. The summed E-state index contributed by atoms with van der Waals surface area (Å²) < 4.78 is 81.1. The summed E-state index contributed by atoms with van der Waals surface area (Å²) in [6, 6.07) is 13.7. The topological polar surface area (TPSA) is 57.0 Å². The fourth-order valence-electron chi connectivity index (χ4n) is 4.64. The molecular formula is C28H27F6N4OS+. The average Bonchev–Trinajstić information content (AvgIpc) is 2.89. The smallest absolute Gasteiger partial charge is 0.358 e. The maximum atomic E-state index is 13.2. The number of thiocarbonyl (C=S) groups is 1. The van der Waals surface area contributed by atoms with Crippen LogP contribution in [0.15, 0.2) is 73.1 Å². The van der Waals surface area contributed by atoms with E-state index in [0.29, 0.717) is 37.1 Å². The molecule has 4 rings (SSSR count). The lowest BCUT2D eigenvalue weighted by molar-refractivity contribution is -0.688. The summed E-state index contributed by atoms with van der Waals surface area (Å²) in [5.41, 5.74) is -1.80. The van der Waals surface area contributed by atoms with Crippen LogP contribution in [0.1, 0.15) is 52.7 Å². The van der Waals surface area contributed by atoms with Crippen LogP contribution < -0.4 is 20.5 Å². The predicted molar refractivity (Wildman–Crippen MR) is 141 cm³/mol. The molecule has 1 saturated carbocycles. The summed E-state index contributed by atoms with van der Waals surface area (Å²) in [6.07, 6.45) is -3.45. The monoisotopic (exact) mass is 581 g/mol. The van der Waals surface area contributed by atoms with Crippen molar-refractivity contribution in [3.05, 3.63) is 95.3 Å². The van der Waals surface area contributed by atoms with E-state index in [9.17, 15) is 31.1 Å². The highest BCUT2D eigenvalue weighted by Gasteiger charge is 2.37. The molecule has 0 aliphatic heterocycles. The molecule has 0 saturated heterocycles. The number of hydrogen-bond donors (Lipinski definition) is 3. The van der Waals surface area contributed by atoms with Crippen LogP contribution in [0.5, 0.6) is 0 Å². The van der Waals surface area contributed by atoms with E-state index < -0.39 is 29.2 Å². The van der Waals surface area contributed by atoms with E-state index in [2.05, 4.69) is 16.0 Å². The Morgan fingerprint density at radius 1 is 0.850 bits per heavy atom. The lowest BCUT2D eigenvalue weighted by atomic mass is 9.90. The Bertz CT molecular complexity index is 1310. The number of anilines is 1. The normalized spacial score (nSPS) is 17.6. The fraction of sp³-hybridized carbons (Fsp3) is 0.321. The largest absolute Gasteiger partial charge is 0.416 e. The van der Waals surface area contributed by atoms with Gasteiger partial charge in [0.25, 0.3) is 5.91 Å². The Labute approximate surface area is 232 Å². The molecule has 40 heavy (non-hydrogen) atoms. The number of rotatable bonds is 6. The van der Waals surface area contributed by atoms with Gasteiger partial charge in [-0.05, 0) is 49.3 Å². The van der Waals surface area contributed by atoms with Gasteiger partial charge in [-0.2, -0.15) is 30.9 Å². The second kappa shape index (κ2) is 12.2. The summed E-state index contributed by atoms with van der Waals surface area (Å²) in [6.45, 7) is 0.584. The van der Waals surface area contributed by atoms with Crippen LogP contribution in [-0.4, -0.2) is 23.1 Å². The van der Waals surface area contributed by atoms with E-state index in [1.807, 2.05) is 41.1 Å². The fourth-order valence-corrected chi connectivity index (χ4v) is 4.91. The van der Waals surface area contributed by atoms with Gasteiger partial charge in [0.1, 0.15) is 5.56 Å². The molecule has 0 unspecified atom stereocenters. The van der Waals surface area contributed by atoms with Crippen LogP contribution in [0, 0.1) is 0 Å². The molecule has 2 aromatic carbocycles. The Kier molecular flexibility index (Phi) is 8.97. The van der Waals surface area contributed by atoms with Crippen LogP contribution >= 0.6 is 12.2 Å². The number of halogens is 6. The minimum Gasteiger partial charge on any atom is -0.358 e. The highest BCUT2D eigenvalue weighted by Crippen LogP contribution is 2.37. The zero-order valence-electron chi connectivity index (χ0n) is 21.1. The maximum absolute atomic E-state index is 13.2. The molecule has 0 spiro atoms. The first-order valence-electron chi connectivity index (χ1n) is 12.6. The number of nitrogens with zero attached hydrogens (tertiary/aromatic N) is 1. The first-order chi connectivity index (χ1) is 18.9. The van der Waals surface area contributed by atoms with Gasteiger partial charge in [-0.15, -0.1) is 0 Å². The maximum Gasteiger partial charge on any atom is 0.416 e. The minimum absolute atomic E-state index is 0.0570. The van der Waals surface area contributed by atoms with E-state index in [1.165, 1.54) is 0 Å². The molecule has 3 N–H and O–H groups in total. The Morgan fingerprint density at radius 2 is 1.45 bits per heavy atom. The van der Waals surface area contributed by atoms with Crippen LogP contribution in [0.3, 0.4) is 0 Å². The molecule has 1 fully saturated rings. The van der Waals surface area contributed by atoms with Gasteiger partial charge in [-0.3, -0.25) is 4.79 Å². The summed E-state index contributed by atoms with van der Waals surface area (Å²) >= 11 is 5.23. The number of aromatic nitrogens is 1. The summed E-state index contributed by atoms with van der Waals surface area (Å²) in [5.74, 6) is -0.298. The van der Waals surface area contributed by atoms with E-state index >= 15 is 0 Å². The molecule has 1 aliphatic carbocycles. The highest BCUT2D eigenvalue weighted by molar-refractivity contribution is 7.80. The zero-order chi connectivity index (χ0) is 28.9. The number of amides is 1. The van der Waals surface area contributed by atoms with Gasteiger partial charge < -0.3 is 16.0 Å². The number of nitrogens with one attached hydrogen (secondary N) is 3. The first kappa shape index (κ1) is 29.3. The van der Waals surface area contributed by atoms with E-state index in [0.717, 1.165) is 18.4 Å². The first-order valence-corrected chi connectivity index (χ1v) is 13.0. The number of benzene rings is 2. The third kappa shape index (κ3) is 7.93. The van der Waals surface area contributed by atoms with Crippen LogP contribution in [-0.2, 0) is 18.9 Å². The van der Waals surface area contributed by atoms with Gasteiger partial charge >= 0.3 is 12.4 Å². The highest BCUT2D eigenvalue weighted by atomic mass is 32.1. The van der Waals surface area contributed by atoms with Gasteiger partial charge in [-0.1, -0.05) is 43.2 Å². The molecule has 12 heteroatoms. The summed E-state index contributed by atoms with van der Waals surface area (Å²) in [5, 5.41) is 8.29. The molecule has 212 valence electrons. The van der Waals surface area contributed by atoms with Crippen molar-refractivity contribution < 1.29 is 35.7 Å². The molecule has 1 aliphatic rings. The van der Waals surface area contributed by atoms with Gasteiger partial charge in [0.05, 0.1) is 11.1 Å². The number of carbonyl (C=O) groups excluding carboxylic acids is 1. The Balaban J connectivity index is 1.43. The third-order valence-electron chi connectivity index (χ3n) is 6.57. The van der Waals surface area contributed by atoms with Crippen molar-refractivity contribution in [3.63, 3.8) is 0 Å². The summed E-state index contributed by atoms with van der Waals surface area (Å²) in [4.78, 5) is 13.1. The lowest BCUT2D eigenvalue weighted by Crippen LogP contribution is -2.54. The van der Waals surface area contributed by atoms with E-state index in [4.69, 9.17) is 12.2 Å². The number of carbonyl (C=O) groups is 1. The minimum atomic E-state index is -4.97. The van der Waals surface area contributed by atoms with Crippen molar-refractivity contribution >= 4 is 28.9 Å². The van der Waals surface area contributed by atoms with Crippen LogP contribution in [0.4, 0.5) is 32.0 Å². The van der Waals surface area contributed by atoms with Crippen molar-refractivity contribution in [2.24, 2.45) is 0 Å². The molecule has 5 nitrogen and oxygen atoms in total. The molecule has 0 radical (unpaired) electrons. The molecule has 1 heterocycles. The standard InChI is InChI=1S/C28H26F6N4OS/c29-27(30,31)20-13-21(28(32,33)34)15-22(14-20)35-26(40)37-24-11-5-4-10-23(24)36-25(39)19-9-6-12-38(17-19)16-18-7-2-1-3-8-18/h1-3,6-9,12-15,17,23-24H,4-5,10-11,16H2,(H2-,35,36,37,39,40)/p+1/t23-,24-/m0/s1. The molecule has 2 atom stereocenters. The van der Waals surface area contributed by atoms with E-state index in [-0.39, 0.29) is 29.2 Å². The van der Waals surface area contributed by atoms with Gasteiger partial charge in [-0.25, -0.2) is 0 Å². The quantitative estimate of drug-likeness (QED) is 0.188. The number of alkyl halides is 6. The molecule has 0 bridgehead atoms. The van der Waals surface area contributed by atoms with Crippen molar-refractivity contribution in [1.29, 1.82) is 0 Å². The molecule has 1 amide bonds. The summed E-state index contributed by atoms with van der Waals surface area (Å²) in [7, 11) is 0. The molecule has 1 aromatic heterocycles. The predicted octanol–water partition coefficient (Wildman–Crippen LogP) is 6.09. The van der Waals surface area contributed by atoms with Gasteiger partial charge in [0.15, 0.2) is 24.1 Å². The SMILES string of the molecule is O=C(N[C@H]1CCCC[C@@H]1NC(=S)Nc1cc(C(F)(F)F)cc(C(F)(F)F)c1)c1ccc[n+](Cc2ccccc2)c1. The second-order valence-electron chi connectivity index (χ2n) is 9.61. The van der Waals surface area contributed by atoms with Crippen LogP contribution in [0.2, 0.25) is 0 Å². The van der Waals surface area contributed by atoms with Crippen molar-refractivity contribution in [3.8, 4) is 0 Å².